The van der Waals surface area contributed by atoms with Gasteiger partial charge < -0.3 is 10.5 Å². The highest BCUT2D eigenvalue weighted by Gasteiger charge is 2.42. The number of fused-ring (bicyclic) bond motifs is 1. The summed E-state index contributed by atoms with van der Waals surface area (Å²) in [6.45, 7) is 1.67. The van der Waals surface area contributed by atoms with Crippen LogP contribution in [-0.2, 0) is 4.74 Å². The third-order valence-corrected chi connectivity index (χ3v) is 2.40. The number of ether oxygens (including phenoxy) is 1. The Morgan fingerprint density at radius 3 is 2.65 bits per heavy atom. The second kappa shape index (κ2) is 3.89. The number of carbonyl (C=O) groups excluding carboxylic acids is 3. The van der Waals surface area contributed by atoms with Gasteiger partial charge in [0.2, 0.25) is 0 Å². The first kappa shape index (κ1) is 11.1. The van der Waals surface area contributed by atoms with E-state index in [2.05, 4.69) is 4.74 Å². The van der Waals surface area contributed by atoms with Gasteiger partial charge in [0, 0.05) is 5.69 Å². The Morgan fingerprint density at radius 2 is 2.06 bits per heavy atom. The van der Waals surface area contributed by atoms with Crippen LogP contribution < -0.4 is 5.73 Å². The lowest BCUT2D eigenvalue weighted by Crippen LogP contribution is -2.36. The lowest BCUT2D eigenvalue weighted by molar-refractivity contribution is 0.0596. The van der Waals surface area contributed by atoms with E-state index in [1.54, 1.807) is 13.0 Å². The van der Waals surface area contributed by atoms with E-state index in [0.717, 1.165) is 0 Å². The van der Waals surface area contributed by atoms with Crippen molar-refractivity contribution in [1.29, 1.82) is 0 Å². The maximum absolute atomic E-state index is 11.9. The van der Waals surface area contributed by atoms with Crippen molar-refractivity contribution in [3.8, 4) is 0 Å². The molecule has 1 aromatic rings. The predicted octanol–water partition coefficient (Wildman–Crippen LogP) is 1.02. The number of amides is 3. The van der Waals surface area contributed by atoms with E-state index >= 15 is 0 Å². The maximum atomic E-state index is 11.9. The number of anilines is 1. The largest absolute Gasteiger partial charge is 0.449 e. The van der Waals surface area contributed by atoms with Crippen molar-refractivity contribution < 1.29 is 19.1 Å². The molecule has 0 spiro atoms. The number of rotatable bonds is 1. The quantitative estimate of drug-likeness (QED) is 0.578. The van der Waals surface area contributed by atoms with E-state index in [9.17, 15) is 14.4 Å². The summed E-state index contributed by atoms with van der Waals surface area (Å²) in [5.74, 6) is -1.43. The molecule has 6 heteroatoms. The fourth-order valence-electron chi connectivity index (χ4n) is 1.67. The highest BCUT2D eigenvalue weighted by atomic mass is 16.6. The molecular weight excluding hydrogens is 224 g/mol. The summed E-state index contributed by atoms with van der Waals surface area (Å²) in [4.78, 5) is 35.6. The smallest absolute Gasteiger partial charge is 0.424 e. The molecule has 0 saturated carbocycles. The Hall–Kier alpha value is -2.37. The highest BCUT2D eigenvalue weighted by molar-refractivity contribution is 6.29. The minimum absolute atomic E-state index is 0.0607. The summed E-state index contributed by atoms with van der Waals surface area (Å²) in [6.07, 6.45) is -0.974. The fraction of sp³-hybridized carbons (Fsp3) is 0.182. The van der Waals surface area contributed by atoms with E-state index < -0.39 is 17.9 Å². The normalized spacial score (nSPS) is 13.8. The van der Waals surface area contributed by atoms with Gasteiger partial charge in [-0.2, -0.15) is 4.90 Å². The molecule has 2 rings (SSSR count). The second-order valence-electron chi connectivity index (χ2n) is 3.41. The second-order valence-corrected chi connectivity index (χ2v) is 3.41. The van der Waals surface area contributed by atoms with Crippen LogP contribution in [0.3, 0.4) is 0 Å². The number of carbonyl (C=O) groups is 3. The maximum Gasteiger partial charge on any atom is 0.424 e. The van der Waals surface area contributed by atoms with E-state index in [0.29, 0.717) is 4.90 Å². The summed E-state index contributed by atoms with van der Waals surface area (Å²) < 4.78 is 4.64. The van der Waals surface area contributed by atoms with Gasteiger partial charge >= 0.3 is 6.09 Å². The highest BCUT2D eigenvalue weighted by Crippen LogP contribution is 2.27. The summed E-state index contributed by atoms with van der Waals surface area (Å²) in [7, 11) is 0. The van der Waals surface area contributed by atoms with Crippen molar-refractivity contribution in [2.45, 2.75) is 6.92 Å². The van der Waals surface area contributed by atoms with E-state index in [4.69, 9.17) is 5.73 Å². The van der Waals surface area contributed by atoms with Crippen LogP contribution in [0, 0.1) is 0 Å². The molecule has 1 heterocycles. The third-order valence-electron chi connectivity index (χ3n) is 2.40. The molecule has 0 bridgehead atoms. The number of hydrogen-bond acceptors (Lipinski definition) is 5. The monoisotopic (exact) mass is 234 g/mol. The molecule has 88 valence electrons. The van der Waals surface area contributed by atoms with Crippen molar-refractivity contribution in [2.75, 3.05) is 12.3 Å². The first-order chi connectivity index (χ1) is 8.07. The first-order valence-electron chi connectivity index (χ1n) is 5.02. The molecule has 0 aliphatic carbocycles. The SMILES string of the molecule is CCOC(=O)N1C(=O)c2cccc(N)c2C1=O. The van der Waals surface area contributed by atoms with Gasteiger partial charge in [-0.3, -0.25) is 9.59 Å². The van der Waals surface area contributed by atoms with Gasteiger partial charge in [-0.25, -0.2) is 4.79 Å². The molecule has 0 fully saturated rings. The molecular formula is C11H10N2O4. The van der Waals surface area contributed by atoms with Crippen LogP contribution in [-0.4, -0.2) is 29.4 Å². The van der Waals surface area contributed by atoms with Gasteiger partial charge in [-0.15, -0.1) is 0 Å². The molecule has 17 heavy (non-hydrogen) atoms. The van der Waals surface area contributed by atoms with Crippen molar-refractivity contribution >= 4 is 23.6 Å². The predicted molar refractivity (Wildman–Crippen MR) is 58.4 cm³/mol. The molecule has 0 aromatic heterocycles. The van der Waals surface area contributed by atoms with Gasteiger partial charge in [0.1, 0.15) is 0 Å². The topological polar surface area (TPSA) is 89.7 Å². The number of nitrogens with zero attached hydrogens (tertiary/aromatic N) is 1. The Labute approximate surface area is 96.9 Å². The zero-order valence-corrected chi connectivity index (χ0v) is 9.10. The molecule has 0 atom stereocenters. The zero-order valence-electron chi connectivity index (χ0n) is 9.10. The molecule has 0 saturated heterocycles. The minimum Gasteiger partial charge on any atom is -0.449 e. The number of imide groups is 3. The van der Waals surface area contributed by atoms with E-state index in [1.165, 1.54) is 12.1 Å². The lowest BCUT2D eigenvalue weighted by Gasteiger charge is -2.10. The number of nitrogens with two attached hydrogens (primary N) is 1. The van der Waals surface area contributed by atoms with Crippen LogP contribution in [0.5, 0.6) is 0 Å². The number of hydrogen-bond donors (Lipinski definition) is 1. The molecule has 1 aliphatic heterocycles. The van der Waals surface area contributed by atoms with Crippen molar-refractivity contribution in [2.24, 2.45) is 0 Å². The summed E-state index contributed by atoms with van der Waals surface area (Å²) in [6, 6.07) is 4.50. The van der Waals surface area contributed by atoms with E-state index in [1.807, 2.05) is 0 Å². The van der Waals surface area contributed by atoms with Gasteiger partial charge in [0.05, 0.1) is 17.7 Å². The lowest BCUT2D eigenvalue weighted by atomic mass is 10.1. The van der Waals surface area contributed by atoms with Crippen LogP contribution >= 0.6 is 0 Å². The third kappa shape index (κ3) is 1.54. The van der Waals surface area contributed by atoms with E-state index in [-0.39, 0.29) is 23.4 Å². The zero-order chi connectivity index (χ0) is 12.6. The summed E-state index contributed by atoms with van der Waals surface area (Å²) >= 11 is 0. The van der Waals surface area contributed by atoms with Crippen LogP contribution in [0.2, 0.25) is 0 Å². The molecule has 2 N–H and O–H groups in total. The standard InChI is InChI=1S/C11H10N2O4/c1-2-17-11(16)13-9(14)6-4-3-5-7(12)8(6)10(13)15/h3-5H,2,12H2,1H3. The minimum atomic E-state index is -0.974. The Balaban J connectivity index is 2.46. The number of nitrogen functional groups attached to an aromatic ring is 1. The Kier molecular flexibility index (Phi) is 2.55. The Bertz CT molecular complexity index is 524. The Morgan fingerprint density at radius 1 is 1.35 bits per heavy atom. The van der Waals surface area contributed by atoms with Gasteiger partial charge in [0.25, 0.3) is 11.8 Å². The molecule has 1 aliphatic rings. The van der Waals surface area contributed by atoms with Crippen LogP contribution in [0.4, 0.5) is 10.5 Å². The molecule has 1 aromatic carbocycles. The summed E-state index contributed by atoms with van der Waals surface area (Å²) in [5.41, 5.74) is 5.97. The fourth-order valence-corrected chi connectivity index (χ4v) is 1.67. The van der Waals surface area contributed by atoms with Crippen molar-refractivity contribution in [3.63, 3.8) is 0 Å². The van der Waals surface area contributed by atoms with Gasteiger partial charge in [-0.05, 0) is 19.1 Å². The van der Waals surface area contributed by atoms with Crippen LogP contribution in [0.25, 0.3) is 0 Å². The molecule has 3 amide bonds. The van der Waals surface area contributed by atoms with Crippen LogP contribution in [0.15, 0.2) is 18.2 Å². The molecule has 0 radical (unpaired) electrons. The molecule has 0 unspecified atom stereocenters. The average molecular weight is 234 g/mol. The molecule has 6 nitrogen and oxygen atoms in total. The average Bonchev–Trinajstić information content (AvgIpc) is 2.53. The first-order valence-corrected chi connectivity index (χ1v) is 5.02. The number of benzene rings is 1. The van der Waals surface area contributed by atoms with Gasteiger partial charge in [-0.1, -0.05) is 6.07 Å². The van der Waals surface area contributed by atoms with Crippen molar-refractivity contribution in [1.82, 2.24) is 4.90 Å². The van der Waals surface area contributed by atoms with Crippen molar-refractivity contribution in [3.05, 3.63) is 29.3 Å². The van der Waals surface area contributed by atoms with Gasteiger partial charge in [0.15, 0.2) is 0 Å². The summed E-state index contributed by atoms with van der Waals surface area (Å²) in [5, 5.41) is 0. The van der Waals surface area contributed by atoms with Crippen LogP contribution in [0.1, 0.15) is 27.6 Å².